The molecule has 2 aromatic rings. The van der Waals surface area contributed by atoms with E-state index in [0.717, 1.165) is 5.69 Å². The molecule has 1 N–H and O–H groups in total. The van der Waals surface area contributed by atoms with Crippen LogP contribution in [-0.4, -0.2) is 31.7 Å². The number of ether oxygens (including phenoxy) is 3. The molecule has 0 fully saturated rings. The highest BCUT2D eigenvalue weighted by Crippen LogP contribution is 2.35. The first-order valence-electron chi connectivity index (χ1n) is 8.27. The molecule has 0 saturated carbocycles. The van der Waals surface area contributed by atoms with Gasteiger partial charge in [0.1, 0.15) is 12.3 Å². The van der Waals surface area contributed by atoms with E-state index in [0.29, 0.717) is 10.6 Å². The molecule has 0 aliphatic carbocycles. The molecule has 1 aliphatic rings. The van der Waals surface area contributed by atoms with E-state index in [1.165, 1.54) is 13.2 Å². The number of rotatable bonds is 7. The van der Waals surface area contributed by atoms with Crippen molar-refractivity contribution in [1.29, 1.82) is 0 Å². The molecular formula is C20H19BrClNO5. The van der Waals surface area contributed by atoms with Crippen LogP contribution in [0.1, 0.15) is 11.7 Å². The molecule has 1 heterocycles. The molecule has 1 aliphatic heterocycles. The maximum Gasteiger partial charge on any atom is 0.335 e. The van der Waals surface area contributed by atoms with Crippen LogP contribution in [0.4, 0.5) is 5.69 Å². The van der Waals surface area contributed by atoms with Crippen molar-refractivity contribution in [2.75, 3.05) is 19.0 Å². The summed E-state index contributed by atoms with van der Waals surface area (Å²) in [5.74, 6) is -0.816. The maximum absolute atomic E-state index is 12.4. The fourth-order valence-corrected chi connectivity index (χ4v) is 2.95. The highest BCUT2D eigenvalue weighted by Gasteiger charge is 2.39. The van der Waals surface area contributed by atoms with Crippen LogP contribution in [0.3, 0.4) is 0 Å². The summed E-state index contributed by atoms with van der Waals surface area (Å²) in [6.07, 6.45) is -0.602. The van der Waals surface area contributed by atoms with Crippen LogP contribution >= 0.6 is 28.6 Å². The summed E-state index contributed by atoms with van der Waals surface area (Å²) in [5.41, 5.74) is 1.31. The van der Waals surface area contributed by atoms with Gasteiger partial charge < -0.3 is 19.5 Å². The van der Waals surface area contributed by atoms with Gasteiger partial charge in [0.2, 0.25) is 0 Å². The van der Waals surface area contributed by atoms with Crippen molar-refractivity contribution in [3.8, 4) is 0 Å². The molecule has 2 atom stereocenters. The molecule has 148 valence electrons. The van der Waals surface area contributed by atoms with Crippen LogP contribution in [0, 0.1) is 0 Å². The SMILES string of the molecule is Br.COC1=CC(=O)OC1C(OC(=O)CNc1ccccc1)c1ccccc1Cl. The number of cyclic esters (lactones) is 1. The molecule has 8 heteroatoms. The van der Waals surface area contributed by atoms with Gasteiger partial charge in [-0.1, -0.05) is 48.0 Å². The Morgan fingerprint density at radius 1 is 1.18 bits per heavy atom. The van der Waals surface area contributed by atoms with Gasteiger partial charge in [-0.3, -0.25) is 4.79 Å². The van der Waals surface area contributed by atoms with Crippen LogP contribution in [0.15, 0.2) is 66.4 Å². The van der Waals surface area contributed by atoms with Crippen molar-refractivity contribution >= 4 is 46.2 Å². The zero-order valence-corrected chi connectivity index (χ0v) is 17.4. The summed E-state index contributed by atoms with van der Waals surface area (Å²) < 4.78 is 16.1. The van der Waals surface area contributed by atoms with Crippen molar-refractivity contribution in [1.82, 2.24) is 0 Å². The summed E-state index contributed by atoms with van der Waals surface area (Å²) in [6, 6.07) is 16.2. The minimum Gasteiger partial charge on any atom is -0.497 e. The average Bonchev–Trinajstić information content (AvgIpc) is 3.06. The number of methoxy groups -OCH3 is 1. The lowest BCUT2D eigenvalue weighted by atomic mass is 10.0. The number of para-hydroxylation sites is 1. The van der Waals surface area contributed by atoms with Gasteiger partial charge in [-0.2, -0.15) is 0 Å². The first kappa shape index (κ1) is 21.8. The van der Waals surface area contributed by atoms with Crippen LogP contribution in [0.2, 0.25) is 5.02 Å². The normalized spacial score (nSPS) is 16.3. The summed E-state index contributed by atoms with van der Waals surface area (Å²) in [4.78, 5) is 24.1. The third kappa shape index (κ3) is 5.27. The first-order valence-corrected chi connectivity index (χ1v) is 8.65. The van der Waals surface area contributed by atoms with E-state index in [1.54, 1.807) is 24.3 Å². The minimum absolute atomic E-state index is 0. The van der Waals surface area contributed by atoms with Gasteiger partial charge in [0.15, 0.2) is 12.2 Å². The molecule has 0 amide bonds. The standard InChI is InChI=1S/C20H18ClNO5.BrH/c1-25-16-11-17(23)26-20(16)19(14-9-5-6-10-15(14)21)27-18(24)12-22-13-7-3-2-4-8-13;/h2-11,19-20,22H,12H2,1H3;1H. The van der Waals surface area contributed by atoms with Crippen molar-refractivity contribution in [3.63, 3.8) is 0 Å². The van der Waals surface area contributed by atoms with Crippen molar-refractivity contribution in [2.45, 2.75) is 12.2 Å². The Morgan fingerprint density at radius 3 is 2.54 bits per heavy atom. The van der Waals surface area contributed by atoms with E-state index in [9.17, 15) is 9.59 Å². The zero-order chi connectivity index (χ0) is 19.2. The number of benzene rings is 2. The molecule has 0 radical (unpaired) electrons. The predicted molar refractivity (Wildman–Crippen MR) is 111 cm³/mol. The molecule has 2 unspecified atom stereocenters. The Morgan fingerprint density at radius 2 is 1.86 bits per heavy atom. The number of hydrogen-bond donors (Lipinski definition) is 1. The van der Waals surface area contributed by atoms with E-state index in [1.807, 2.05) is 30.3 Å². The lowest BCUT2D eigenvalue weighted by Crippen LogP contribution is -2.29. The number of nitrogens with one attached hydrogen (secondary N) is 1. The van der Waals surface area contributed by atoms with Gasteiger partial charge in [0, 0.05) is 16.3 Å². The molecule has 0 spiro atoms. The Bertz CT molecular complexity index is 859. The quantitative estimate of drug-likeness (QED) is 0.618. The largest absolute Gasteiger partial charge is 0.497 e. The lowest BCUT2D eigenvalue weighted by Gasteiger charge is -2.25. The number of halogens is 2. The second-order valence-corrected chi connectivity index (χ2v) is 6.17. The second kappa shape index (κ2) is 10.1. The Labute approximate surface area is 178 Å². The van der Waals surface area contributed by atoms with Gasteiger partial charge in [-0.25, -0.2) is 4.79 Å². The Kier molecular flexibility index (Phi) is 7.90. The third-order valence-electron chi connectivity index (χ3n) is 3.98. The third-order valence-corrected chi connectivity index (χ3v) is 4.32. The van der Waals surface area contributed by atoms with Gasteiger partial charge in [-0.15, -0.1) is 17.0 Å². The van der Waals surface area contributed by atoms with Gasteiger partial charge in [0.25, 0.3) is 0 Å². The van der Waals surface area contributed by atoms with E-state index < -0.39 is 24.1 Å². The number of anilines is 1. The van der Waals surface area contributed by atoms with Gasteiger partial charge in [-0.05, 0) is 18.2 Å². The Hall–Kier alpha value is -2.51. The average molecular weight is 469 g/mol. The highest BCUT2D eigenvalue weighted by atomic mass is 79.9. The van der Waals surface area contributed by atoms with E-state index in [-0.39, 0.29) is 29.3 Å². The van der Waals surface area contributed by atoms with Gasteiger partial charge >= 0.3 is 11.9 Å². The molecule has 28 heavy (non-hydrogen) atoms. The summed E-state index contributed by atoms with van der Waals surface area (Å²) in [5, 5.41) is 3.37. The fourth-order valence-electron chi connectivity index (χ4n) is 2.71. The minimum atomic E-state index is -0.929. The topological polar surface area (TPSA) is 73.9 Å². The lowest BCUT2D eigenvalue weighted by molar-refractivity contribution is -0.161. The summed E-state index contributed by atoms with van der Waals surface area (Å²) in [7, 11) is 1.42. The van der Waals surface area contributed by atoms with Gasteiger partial charge in [0.05, 0.1) is 13.2 Å². The number of hydrogen-bond acceptors (Lipinski definition) is 6. The van der Waals surface area contributed by atoms with Crippen molar-refractivity contribution in [3.05, 3.63) is 77.0 Å². The van der Waals surface area contributed by atoms with Crippen molar-refractivity contribution in [2.24, 2.45) is 0 Å². The first-order chi connectivity index (χ1) is 13.1. The summed E-state index contributed by atoms with van der Waals surface area (Å²) >= 11 is 6.27. The molecule has 2 aromatic carbocycles. The number of carbonyl (C=O) groups excluding carboxylic acids is 2. The van der Waals surface area contributed by atoms with E-state index in [4.69, 9.17) is 25.8 Å². The van der Waals surface area contributed by atoms with E-state index in [2.05, 4.69) is 5.32 Å². The van der Waals surface area contributed by atoms with Crippen LogP contribution < -0.4 is 5.32 Å². The van der Waals surface area contributed by atoms with E-state index >= 15 is 0 Å². The molecule has 0 saturated heterocycles. The van der Waals surface area contributed by atoms with Crippen LogP contribution in [-0.2, 0) is 23.8 Å². The Balaban J connectivity index is 0.00000280. The molecule has 0 bridgehead atoms. The molecule has 6 nitrogen and oxygen atoms in total. The van der Waals surface area contributed by atoms with Crippen molar-refractivity contribution < 1.29 is 23.8 Å². The molecule has 3 rings (SSSR count). The maximum atomic E-state index is 12.4. The van der Waals surface area contributed by atoms with Crippen LogP contribution in [0.5, 0.6) is 0 Å². The number of esters is 2. The smallest absolute Gasteiger partial charge is 0.335 e. The highest BCUT2D eigenvalue weighted by molar-refractivity contribution is 8.93. The zero-order valence-electron chi connectivity index (χ0n) is 15.0. The summed E-state index contributed by atoms with van der Waals surface area (Å²) in [6.45, 7) is -0.0579. The second-order valence-electron chi connectivity index (χ2n) is 5.76. The number of carbonyl (C=O) groups is 2. The molecular weight excluding hydrogens is 450 g/mol. The fraction of sp³-hybridized carbons (Fsp3) is 0.200. The predicted octanol–water partition coefficient (Wildman–Crippen LogP) is 4.07. The van der Waals surface area contributed by atoms with Crippen LogP contribution in [0.25, 0.3) is 0 Å². The molecule has 0 aromatic heterocycles. The monoisotopic (exact) mass is 467 g/mol.